The predicted octanol–water partition coefficient (Wildman–Crippen LogP) is 1.69. The Morgan fingerprint density at radius 3 is 1.86 bits per heavy atom. The fraction of sp³-hybridized carbons (Fsp3) is 0.400. The van der Waals surface area contributed by atoms with E-state index in [4.69, 9.17) is 5.11 Å². The molecule has 0 bridgehead atoms. The van der Waals surface area contributed by atoms with Gasteiger partial charge in [-0.2, -0.15) is 0 Å². The van der Waals surface area contributed by atoms with Crippen LogP contribution >= 0.6 is 0 Å². The third-order valence-corrected chi connectivity index (χ3v) is 3.81. The number of amides is 2. The molecular weight excluding hydrogens is 272 g/mol. The van der Waals surface area contributed by atoms with Gasteiger partial charge in [-0.15, -0.1) is 0 Å². The van der Waals surface area contributed by atoms with E-state index in [9.17, 15) is 14.4 Å². The molecule has 0 heterocycles. The van der Waals surface area contributed by atoms with Crippen LogP contribution in [0, 0.1) is 17.8 Å². The molecule has 2 aliphatic rings. The van der Waals surface area contributed by atoms with Crippen molar-refractivity contribution in [2.45, 2.75) is 19.3 Å². The van der Waals surface area contributed by atoms with Gasteiger partial charge >= 0.3 is 5.97 Å². The largest absolute Gasteiger partial charge is 0.481 e. The normalized spacial score (nSPS) is 23.2. The summed E-state index contributed by atoms with van der Waals surface area (Å²) < 4.78 is 0. The molecule has 1 aromatic carbocycles. The topological polar surface area (TPSA) is 95.5 Å². The molecule has 6 heteroatoms. The molecule has 1 aromatic rings. The Labute approximate surface area is 121 Å². The number of hydrogen-bond acceptors (Lipinski definition) is 3. The van der Waals surface area contributed by atoms with Crippen LogP contribution < -0.4 is 10.6 Å². The van der Waals surface area contributed by atoms with Crippen molar-refractivity contribution in [1.29, 1.82) is 0 Å². The smallest absolute Gasteiger partial charge is 0.307 e. The lowest BCUT2D eigenvalue weighted by Gasteiger charge is -2.07. The van der Waals surface area contributed by atoms with Gasteiger partial charge in [0.05, 0.1) is 11.8 Å². The van der Waals surface area contributed by atoms with E-state index in [-0.39, 0.29) is 17.7 Å². The first-order valence-corrected chi connectivity index (χ1v) is 6.99. The van der Waals surface area contributed by atoms with Crippen molar-refractivity contribution < 1.29 is 19.5 Å². The Bertz CT molecular complexity index is 592. The van der Waals surface area contributed by atoms with Gasteiger partial charge in [0.2, 0.25) is 11.8 Å². The molecular formula is C15H16N2O4. The average Bonchev–Trinajstić information content (AvgIpc) is 3.32. The van der Waals surface area contributed by atoms with Gasteiger partial charge in [-0.3, -0.25) is 14.4 Å². The predicted molar refractivity (Wildman–Crippen MR) is 75.7 cm³/mol. The van der Waals surface area contributed by atoms with Crippen LogP contribution in [-0.4, -0.2) is 22.9 Å². The minimum Gasteiger partial charge on any atom is -0.481 e. The molecule has 0 unspecified atom stereocenters. The highest BCUT2D eigenvalue weighted by Crippen LogP contribution is 2.39. The van der Waals surface area contributed by atoms with Crippen LogP contribution in [-0.2, 0) is 14.4 Å². The van der Waals surface area contributed by atoms with Gasteiger partial charge in [0.15, 0.2) is 0 Å². The number of carbonyl (C=O) groups excluding carboxylic acids is 2. The molecule has 2 saturated carbocycles. The number of carbonyl (C=O) groups is 3. The number of benzene rings is 1. The van der Waals surface area contributed by atoms with E-state index in [1.807, 2.05) is 0 Å². The number of rotatable bonds is 5. The molecule has 0 aliphatic heterocycles. The molecule has 2 aliphatic carbocycles. The fourth-order valence-corrected chi connectivity index (χ4v) is 2.22. The third-order valence-electron chi connectivity index (χ3n) is 3.81. The summed E-state index contributed by atoms with van der Waals surface area (Å²) in [7, 11) is 0. The highest BCUT2D eigenvalue weighted by atomic mass is 16.4. The molecule has 0 spiro atoms. The van der Waals surface area contributed by atoms with Gasteiger partial charge in [-0.25, -0.2) is 0 Å². The number of carboxylic acid groups (broad SMARTS) is 1. The van der Waals surface area contributed by atoms with Crippen LogP contribution in [0.4, 0.5) is 11.4 Å². The zero-order valence-corrected chi connectivity index (χ0v) is 11.3. The van der Waals surface area contributed by atoms with Gasteiger partial charge in [0, 0.05) is 17.3 Å². The van der Waals surface area contributed by atoms with Crippen LogP contribution in [0.3, 0.4) is 0 Å². The lowest BCUT2D eigenvalue weighted by atomic mass is 10.2. The Morgan fingerprint density at radius 2 is 1.43 bits per heavy atom. The number of hydrogen-bond donors (Lipinski definition) is 3. The molecule has 0 aromatic heterocycles. The zero-order chi connectivity index (χ0) is 15.0. The molecule has 0 radical (unpaired) electrons. The van der Waals surface area contributed by atoms with Crippen LogP contribution in [0.15, 0.2) is 24.3 Å². The maximum absolute atomic E-state index is 11.8. The standard InChI is InChI=1S/C15H16N2O4/c18-13(8-1-2-8)16-9-3-5-10(6-4-9)17-14(19)11-7-12(11)15(20)21/h3-6,8,11-12H,1-2,7H2,(H,16,18)(H,17,19)(H,20,21)/t11-,12+/m1/s1. The molecule has 2 atom stereocenters. The Balaban J connectivity index is 1.53. The second kappa shape index (κ2) is 5.20. The van der Waals surface area contributed by atoms with E-state index in [1.165, 1.54) is 0 Å². The summed E-state index contributed by atoms with van der Waals surface area (Å²) in [5, 5.41) is 14.3. The van der Waals surface area contributed by atoms with E-state index in [2.05, 4.69) is 10.6 Å². The Kier molecular flexibility index (Phi) is 3.37. The van der Waals surface area contributed by atoms with E-state index < -0.39 is 17.8 Å². The Hall–Kier alpha value is -2.37. The summed E-state index contributed by atoms with van der Waals surface area (Å²) >= 11 is 0. The van der Waals surface area contributed by atoms with Gasteiger partial charge in [-0.05, 0) is 43.5 Å². The highest BCUT2D eigenvalue weighted by molar-refractivity contribution is 5.98. The minimum atomic E-state index is -0.923. The van der Waals surface area contributed by atoms with Gasteiger partial charge in [0.25, 0.3) is 0 Å². The lowest BCUT2D eigenvalue weighted by molar-refractivity contribution is -0.139. The summed E-state index contributed by atoms with van der Waals surface area (Å²) in [5.74, 6) is -1.99. The second-order valence-electron chi connectivity index (χ2n) is 5.62. The third kappa shape index (κ3) is 3.21. The van der Waals surface area contributed by atoms with Crippen molar-refractivity contribution >= 4 is 29.2 Å². The van der Waals surface area contributed by atoms with E-state index in [0.717, 1.165) is 12.8 Å². The molecule has 3 rings (SSSR count). The van der Waals surface area contributed by atoms with E-state index >= 15 is 0 Å². The van der Waals surface area contributed by atoms with Crippen molar-refractivity contribution in [1.82, 2.24) is 0 Å². The van der Waals surface area contributed by atoms with Crippen molar-refractivity contribution in [2.75, 3.05) is 10.6 Å². The maximum Gasteiger partial charge on any atom is 0.307 e. The SMILES string of the molecule is O=C(Nc1ccc(NC(=O)[C@@H]2C[C@@H]2C(=O)O)cc1)C1CC1. The van der Waals surface area contributed by atoms with Crippen LogP contribution in [0.1, 0.15) is 19.3 Å². The van der Waals surface area contributed by atoms with Crippen molar-refractivity contribution in [3.63, 3.8) is 0 Å². The number of nitrogens with one attached hydrogen (secondary N) is 2. The number of aliphatic carboxylic acids is 1. The first-order valence-electron chi connectivity index (χ1n) is 6.99. The number of anilines is 2. The van der Waals surface area contributed by atoms with Crippen LogP contribution in [0.2, 0.25) is 0 Å². The monoisotopic (exact) mass is 288 g/mol. The summed E-state index contributed by atoms with van der Waals surface area (Å²) in [5.41, 5.74) is 1.29. The molecule has 2 amide bonds. The summed E-state index contributed by atoms with van der Waals surface area (Å²) in [6, 6.07) is 6.83. The van der Waals surface area contributed by atoms with E-state index in [1.54, 1.807) is 24.3 Å². The first-order chi connectivity index (χ1) is 10.0. The van der Waals surface area contributed by atoms with Crippen LogP contribution in [0.25, 0.3) is 0 Å². The average molecular weight is 288 g/mol. The van der Waals surface area contributed by atoms with Gasteiger partial charge in [0.1, 0.15) is 0 Å². The molecule has 6 nitrogen and oxygen atoms in total. The van der Waals surface area contributed by atoms with E-state index in [0.29, 0.717) is 17.8 Å². The Morgan fingerprint density at radius 1 is 0.905 bits per heavy atom. The molecule has 21 heavy (non-hydrogen) atoms. The summed E-state index contributed by atoms with van der Waals surface area (Å²) in [6.45, 7) is 0. The molecule has 3 N–H and O–H groups in total. The van der Waals surface area contributed by atoms with Crippen molar-refractivity contribution in [2.24, 2.45) is 17.8 Å². The molecule has 110 valence electrons. The lowest BCUT2D eigenvalue weighted by Crippen LogP contribution is -2.17. The highest BCUT2D eigenvalue weighted by Gasteiger charge is 2.48. The van der Waals surface area contributed by atoms with Crippen molar-refractivity contribution in [3.05, 3.63) is 24.3 Å². The summed E-state index contributed by atoms with van der Waals surface area (Å²) in [4.78, 5) is 34.1. The molecule has 2 fully saturated rings. The quantitative estimate of drug-likeness (QED) is 0.768. The zero-order valence-electron chi connectivity index (χ0n) is 11.3. The van der Waals surface area contributed by atoms with Crippen LogP contribution in [0.5, 0.6) is 0 Å². The van der Waals surface area contributed by atoms with Gasteiger partial charge in [-0.1, -0.05) is 0 Å². The minimum absolute atomic E-state index is 0.0362. The fourth-order valence-electron chi connectivity index (χ4n) is 2.22. The number of carboxylic acids is 1. The summed E-state index contributed by atoms with van der Waals surface area (Å²) in [6.07, 6.45) is 2.30. The first kappa shape index (κ1) is 13.6. The van der Waals surface area contributed by atoms with Crippen molar-refractivity contribution in [3.8, 4) is 0 Å². The second-order valence-corrected chi connectivity index (χ2v) is 5.62. The molecule has 0 saturated heterocycles. The maximum atomic E-state index is 11.8. The van der Waals surface area contributed by atoms with Gasteiger partial charge < -0.3 is 15.7 Å².